The van der Waals surface area contributed by atoms with Crippen LogP contribution >= 0.6 is 0 Å². The molecule has 1 amide bonds. The van der Waals surface area contributed by atoms with Gasteiger partial charge in [0.1, 0.15) is 0 Å². The molecule has 1 atom stereocenters. The topological polar surface area (TPSA) is 23.6 Å². The summed E-state index contributed by atoms with van der Waals surface area (Å²) in [6.45, 7) is 6.43. The van der Waals surface area contributed by atoms with Crippen molar-refractivity contribution in [2.75, 3.05) is 26.2 Å². The normalized spacial score (nSPS) is 25.2. The zero-order valence-electron chi connectivity index (χ0n) is 16.9. The van der Waals surface area contributed by atoms with Gasteiger partial charge in [-0.25, -0.2) is 8.78 Å². The summed E-state index contributed by atoms with van der Waals surface area (Å²) in [5.74, 6) is 0.115. The van der Waals surface area contributed by atoms with Crippen molar-refractivity contribution in [1.29, 1.82) is 0 Å². The Morgan fingerprint density at radius 2 is 1.82 bits per heavy atom. The minimum absolute atomic E-state index is 0.342. The number of carbonyl (C=O) groups excluding carboxylic acids is 1. The van der Waals surface area contributed by atoms with Gasteiger partial charge in [-0.2, -0.15) is 0 Å². The Hall–Kier alpha value is -1.49. The predicted molar refractivity (Wildman–Crippen MR) is 106 cm³/mol. The van der Waals surface area contributed by atoms with Crippen LogP contribution in [0.3, 0.4) is 0 Å². The van der Waals surface area contributed by atoms with E-state index < -0.39 is 11.6 Å². The van der Waals surface area contributed by atoms with E-state index in [-0.39, 0.29) is 0 Å². The van der Waals surface area contributed by atoms with Gasteiger partial charge >= 0.3 is 0 Å². The highest BCUT2D eigenvalue weighted by Gasteiger charge is 2.38. The molecule has 0 radical (unpaired) electrons. The molecule has 3 aliphatic rings. The number of rotatable bonds is 6. The molecule has 3 nitrogen and oxygen atoms in total. The van der Waals surface area contributed by atoms with Crippen LogP contribution in [0.25, 0.3) is 0 Å². The Morgan fingerprint density at radius 1 is 1.11 bits per heavy atom. The summed E-state index contributed by atoms with van der Waals surface area (Å²) in [6.07, 6.45) is 7.60. The van der Waals surface area contributed by atoms with Crippen molar-refractivity contribution < 1.29 is 13.6 Å². The number of carbonyl (C=O) groups is 1. The molecule has 3 fully saturated rings. The maximum atomic E-state index is 13.9. The molecular formula is C23H32F2N2O. The summed E-state index contributed by atoms with van der Waals surface area (Å²) >= 11 is 0. The van der Waals surface area contributed by atoms with E-state index in [1.807, 2.05) is 0 Å². The molecule has 0 aromatic heterocycles. The lowest BCUT2D eigenvalue weighted by Gasteiger charge is -2.35. The van der Waals surface area contributed by atoms with Crippen LogP contribution in [-0.2, 0) is 11.3 Å². The number of piperidine rings is 1. The second-order valence-electron chi connectivity index (χ2n) is 9.53. The quantitative estimate of drug-likeness (QED) is 0.708. The van der Waals surface area contributed by atoms with Crippen LogP contribution < -0.4 is 0 Å². The van der Waals surface area contributed by atoms with E-state index >= 15 is 0 Å². The number of amides is 1. The lowest BCUT2D eigenvalue weighted by Crippen LogP contribution is -2.37. The molecule has 2 heterocycles. The van der Waals surface area contributed by atoms with Crippen LogP contribution in [0.5, 0.6) is 0 Å². The monoisotopic (exact) mass is 390 g/mol. The molecule has 0 N–H and O–H groups in total. The Bertz CT molecular complexity index is 711. The van der Waals surface area contributed by atoms with Crippen molar-refractivity contribution in [2.45, 2.75) is 58.4 Å². The molecule has 154 valence electrons. The maximum Gasteiger partial charge on any atom is 0.222 e. The number of nitrogens with zero attached hydrogens (tertiary/aromatic N) is 2. The van der Waals surface area contributed by atoms with Crippen molar-refractivity contribution in [3.8, 4) is 0 Å². The molecule has 4 rings (SSSR count). The van der Waals surface area contributed by atoms with Crippen LogP contribution in [0, 0.1) is 28.9 Å². The van der Waals surface area contributed by atoms with Crippen molar-refractivity contribution >= 4 is 5.91 Å². The molecular weight excluding hydrogens is 358 g/mol. The number of hydrogen-bond donors (Lipinski definition) is 0. The third-order valence-electron chi connectivity index (χ3n) is 7.35. The van der Waals surface area contributed by atoms with Crippen LogP contribution in [0.15, 0.2) is 18.2 Å². The average Bonchev–Trinajstić information content (AvgIpc) is 3.23. The number of benzene rings is 1. The SMILES string of the molecule is CC1(CCC(=O)N2CC[C@H](C3CCN(Cc4cccc(F)c4F)CC3)C2)CC1. The summed E-state index contributed by atoms with van der Waals surface area (Å²) in [4.78, 5) is 16.8. The van der Waals surface area contributed by atoms with Gasteiger partial charge in [0.15, 0.2) is 11.6 Å². The number of hydrogen-bond acceptors (Lipinski definition) is 2. The van der Waals surface area contributed by atoms with Crippen LogP contribution in [0.2, 0.25) is 0 Å². The van der Waals surface area contributed by atoms with E-state index in [0.717, 1.165) is 51.9 Å². The Labute approximate surface area is 167 Å². The van der Waals surface area contributed by atoms with Gasteiger partial charge in [0.25, 0.3) is 0 Å². The summed E-state index contributed by atoms with van der Waals surface area (Å²) in [6, 6.07) is 4.42. The molecule has 0 bridgehead atoms. The first kappa shape index (κ1) is 19.8. The maximum absolute atomic E-state index is 13.9. The minimum Gasteiger partial charge on any atom is -0.342 e. The van der Waals surface area contributed by atoms with Crippen LogP contribution in [0.4, 0.5) is 8.78 Å². The van der Waals surface area contributed by atoms with Gasteiger partial charge < -0.3 is 4.90 Å². The van der Waals surface area contributed by atoms with Crippen molar-refractivity contribution in [3.05, 3.63) is 35.4 Å². The Kier molecular flexibility index (Phi) is 5.73. The van der Waals surface area contributed by atoms with Gasteiger partial charge in [-0.1, -0.05) is 19.1 Å². The van der Waals surface area contributed by atoms with Gasteiger partial charge in [0, 0.05) is 31.6 Å². The molecule has 1 aromatic carbocycles. The third-order valence-corrected chi connectivity index (χ3v) is 7.35. The Balaban J connectivity index is 1.22. The third kappa shape index (κ3) is 4.56. The molecule has 2 aliphatic heterocycles. The fraction of sp³-hybridized carbons (Fsp3) is 0.696. The molecule has 5 heteroatoms. The zero-order chi connectivity index (χ0) is 19.7. The highest BCUT2D eigenvalue weighted by molar-refractivity contribution is 5.76. The van der Waals surface area contributed by atoms with Gasteiger partial charge in [0.2, 0.25) is 5.91 Å². The van der Waals surface area contributed by atoms with Crippen LogP contribution in [-0.4, -0.2) is 41.9 Å². The predicted octanol–water partition coefficient (Wildman–Crippen LogP) is 4.61. The first-order valence-corrected chi connectivity index (χ1v) is 10.9. The second-order valence-corrected chi connectivity index (χ2v) is 9.53. The summed E-state index contributed by atoms with van der Waals surface area (Å²) in [5, 5.41) is 0. The highest BCUT2D eigenvalue weighted by atomic mass is 19.2. The van der Waals surface area contributed by atoms with E-state index in [1.165, 1.54) is 18.9 Å². The van der Waals surface area contributed by atoms with Crippen molar-refractivity contribution in [3.63, 3.8) is 0 Å². The van der Waals surface area contributed by atoms with E-state index in [2.05, 4.69) is 16.7 Å². The fourth-order valence-electron chi connectivity index (χ4n) is 4.92. The Morgan fingerprint density at radius 3 is 2.54 bits per heavy atom. The average molecular weight is 391 g/mol. The van der Waals surface area contributed by atoms with Gasteiger partial charge in [-0.15, -0.1) is 0 Å². The minimum atomic E-state index is -0.765. The van der Waals surface area contributed by atoms with Crippen molar-refractivity contribution in [1.82, 2.24) is 9.80 Å². The van der Waals surface area contributed by atoms with Gasteiger partial charge in [-0.3, -0.25) is 9.69 Å². The molecule has 1 aliphatic carbocycles. The second kappa shape index (κ2) is 8.10. The fourth-order valence-corrected chi connectivity index (χ4v) is 4.92. The summed E-state index contributed by atoms with van der Waals surface area (Å²) < 4.78 is 27.3. The molecule has 0 unspecified atom stereocenters. The summed E-state index contributed by atoms with van der Waals surface area (Å²) in [5.41, 5.74) is 0.892. The number of halogens is 2. The van der Waals surface area contributed by atoms with Gasteiger partial charge in [-0.05, 0) is 74.9 Å². The molecule has 2 saturated heterocycles. The van der Waals surface area contributed by atoms with Gasteiger partial charge in [0.05, 0.1) is 0 Å². The largest absolute Gasteiger partial charge is 0.342 e. The van der Waals surface area contributed by atoms with E-state index in [4.69, 9.17) is 0 Å². The first-order valence-electron chi connectivity index (χ1n) is 10.9. The zero-order valence-corrected chi connectivity index (χ0v) is 16.9. The first-order chi connectivity index (χ1) is 13.4. The smallest absolute Gasteiger partial charge is 0.222 e. The molecule has 1 saturated carbocycles. The standard InChI is InChI=1S/C23H32F2N2O/c1-23(10-11-23)9-5-21(28)27-14-8-18(16-27)17-6-12-26(13-7-17)15-19-3-2-4-20(24)22(19)25/h2-4,17-18H,5-16H2,1H3/t18-/m0/s1. The molecule has 28 heavy (non-hydrogen) atoms. The molecule has 1 aromatic rings. The number of likely N-dealkylation sites (tertiary alicyclic amines) is 2. The van der Waals surface area contributed by atoms with E-state index in [0.29, 0.717) is 41.7 Å². The molecule has 0 spiro atoms. The van der Waals surface area contributed by atoms with Crippen molar-refractivity contribution in [2.24, 2.45) is 17.3 Å². The van der Waals surface area contributed by atoms with Crippen LogP contribution in [0.1, 0.15) is 57.4 Å². The lowest BCUT2D eigenvalue weighted by molar-refractivity contribution is -0.130. The highest BCUT2D eigenvalue weighted by Crippen LogP contribution is 2.49. The summed E-state index contributed by atoms with van der Waals surface area (Å²) in [7, 11) is 0. The lowest BCUT2D eigenvalue weighted by atomic mass is 9.83. The van der Waals surface area contributed by atoms with E-state index in [9.17, 15) is 13.6 Å². The van der Waals surface area contributed by atoms with E-state index in [1.54, 1.807) is 12.1 Å².